The molecule has 2 aromatic heterocycles. The third-order valence-electron chi connectivity index (χ3n) is 4.53. The number of aromatic nitrogens is 3. The Balaban J connectivity index is 1.83. The Labute approximate surface area is 194 Å². The second-order valence-corrected chi connectivity index (χ2v) is 7.51. The Morgan fingerprint density at radius 3 is 2.35 bits per heavy atom. The second-order valence-electron chi connectivity index (χ2n) is 7.08. The summed E-state index contributed by atoms with van der Waals surface area (Å²) in [5, 5.41) is 6.21. The fourth-order valence-corrected chi connectivity index (χ4v) is 3.25. The topological polar surface area (TPSA) is 101 Å². The first-order valence-corrected chi connectivity index (χ1v) is 9.82. The van der Waals surface area contributed by atoms with E-state index >= 15 is 0 Å². The molecule has 0 saturated heterocycles. The van der Waals surface area contributed by atoms with Crippen LogP contribution in [0.3, 0.4) is 0 Å². The van der Waals surface area contributed by atoms with Gasteiger partial charge in [-0.2, -0.15) is 18.3 Å². The molecule has 2 heterocycles. The summed E-state index contributed by atoms with van der Waals surface area (Å²) in [6, 6.07) is 1.25. The van der Waals surface area contributed by atoms with Crippen molar-refractivity contribution < 1.29 is 31.5 Å². The van der Waals surface area contributed by atoms with Crippen molar-refractivity contribution in [2.45, 2.75) is 19.1 Å². The van der Waals surface area contributed by atoms with Gasteiger partial charge in [0.25, 0.3) is 0 Å². The van der Waals surface area contributed by atoms with Gasteiger partial charge in [-0.3, -0.25) is 19.9 Å². The highest BCUT2D eigenvalue weighted by Crippen LogP contribution is 2.37. The quantitative estimate of drug-likeness (QED) is 0.370. The van der Waals surface area contributed by atoms with Gasteiger partial charge in [-0.05, 0) is 30.7 Å². The van der Waals surface area contributed by atoms with Gasteiger partial charge in [0, 0.05) is 41.2 Å². The van der Waals surface area contributed by atoms with Gasteiger partial charge in [0.2, 0.25) is 0 Å². The van der Waals surface area contributed by atoms with Crippen LogP contribution in [-0.4, -0.2) is 32.9 Å². The lowest BCUT2D eigenvalue weighted by atomic mass is 9.96. The summed E-state index contributed by atoms with van der Waals surface area (Å²) < 4.78 is 67.6. The smallest absolute Gasteiger partial charge is 0.329 e. The van der Waals surface area contributed by atoms with Crippen LogP contribution in [0, 0.1) is 11.6 Å². The van der Waals surface area contributed by atoms with Gasteiger partial charge in [-0.15, -0.1) is 0 Å². The molecule has 3 aromatic rings. The number of nitrogens with one attached hydrogen (secondary N) is 3. The van der Waals surface area contributed by atoms with Gasteiger partial charge in [0.15, 0.2) is 0 Å². The van der Waals surface area contributed by atoms with Crippen molar-refractivity contribution in [1.29, 1.82) is 0 Å². The van der Waals surface area contributed by atoms with Crippen LogP contribution in [0.1, 0.15) is 18.7 Å². The minimum absolute atomic E-state index is 0.0669. The number of hydrazine groups is 1. The van der Waals surface area contributed by atoms with Gasteiger partial charge in [0.05, 0.1) is 17.9 Å². The monoisotopic (exact) mass is 502 g/mol. The first kappa shape index (κ1) is 24.9. The van der Waals surface area contributed by atoms with E-state index in [4.69, 9.17) is 11.6 Å². The molecule has 0 aliphatic carbocycles. The van der Waals surface area contributed by atoms with Crippen molar-refractivity contribution >= 4 is 23.5 Å². The molecule has 3 rings (SSSR count). The number of aryl methyl sites for hydroxylation is 1. The van der Waals surface area contributed by atoms with E-state index in [0.29, 0.717) is 5.56 Å². The van der Waals surface area contributed by atoms with Gasteiger partial charge >= 0.3 is 18.1 Å². The molecule has 34 heavy (non-hydrogen) atoms. The van der Waals surface area contributed by atoms with Crippen LogP contribution in [0.5, 0.6) is 0 Å². The molecule has 1 aromatic carbocycles. The SMILES string of the molecule is CC(NC(=O)NNC(=O)C(F)(F)F)c1ncc(-c2cc(Cl)cc(F)c2-c2cnn(C)c2)cc1F. The van der Waals surface area contributed by atoms with Crippen LogP contribution in [0.25, 0.3) is 22.3 Å². The Bertz CT molecular complexity index is 1250. The zero-order valence-electron chi connectivity index (χ0n) is 17.5. The van der Waals surface area contributed by atoms with E-state index in [2.05, 4.69) is 15.4 Å². The van der Waals surface area contributed by atoms with Crippen molar-refractivity contribution in [2.75, 3.05) is 0 Å². The summed E-state index contributed by atoms with van der Waals surface area (Å²) in [6.07, 6.45) is -0.978. The Morgan fingerprint density at radius 2 is 1.76 bits per heavy atom. The highest BCUT2D eigenvalue weighted by Gasteiger charge is 2.39. The number of rotatable bonds is 4. The molecule has 0 aliphatic heterocycles. The molecule has 0 radical (unpaired) electrons. The molecule has 0 saturated carbocycles. The average Bonchev–Trinajstić information content (AvgIpc) is 3.16. The number of pyridine rings is 1. The maximum atomic E-state index is 14.9. The Kier molecular flexibility index (Phi) is 7.05. The molecule has 180 valence electrons. The van der Waals surface area contributed by atoms with Crippen molar-refractivity contribution in [3.63, 3.8) is 0 Å². The van der Waals surface area contributed by atoms with Crippen LogP contribution < -0.4 is 16.2 Å². The summed E-state index contributed by atoms with van der Waals surface area (Å²) in [5.41, 5.74) is 3.37. The Morgan fingerprint density at radius 1 is 1.06 bits per heavy atom. The Hall–Kier alpha value is -3.74. The first-order chi connectivity index (χ1) is 15.9. The summed E-state index contributed by atoms with van der Waals surface area (Å²) in [4.78, 5) is 26.4. The van der Waals surface area contributed by atoms with Crippen LogP contribution in [0.15, 0.2) is 36.8 Å². The number of alkyl halides is 3. The molecule has 0 fully saturated rings. The van der Waals surface area contributed by atoms with Crippen molar-refractivity contribution in [2.24, 2.45) is 7.05 Å². The van der Waals surface area contributed by atoms with Crippen LogP contribution in [0.4, 0.5) is 26.7 Å². The van der Waals surface area contributed by atoms with Gasteiger partial charge in [0.1, 0.15) is 11.6 Å². The molecule has 1 unspecified atom stereocenters. The third-order valence-corrected chi connectivity index (χ3v) is 4.75. The lowest BCUT2D eigenvalue weighted by Gasteiger charge is -2.17. The summed E-state index contributed by atoms with van der Waals surface area (Å²) in [6.45, 7) is 1.32. The number of benzene rings is 1. The maximum absolute atomic E-state index is 14.9. The molecule has 3 amide bonds. The standard InChI is InChI=1S/C20H16ClF5N6O2/c1-9(29-19(34)31-30-18(33)20(24,25)26)17-15(23)3-10(6-27-17)13-4-12(21)5-14(22)16(13)11-7-28-32(2)8-11/h3-9H,1-2H3,(H,30,33)(H2,29,31,34). The van der Waals surface area contributed by atoms with E-state index in [1.165, 1.54) is 35.5 Å². The molecule has 3 N–H and O–H groups in total. The summed E-state index contributed by atoms with van der Waals surface area (Å²) in [7, 11) is 1.64. The average molecular weight is 503 g/mol. The number of amides is 3. The second kappa shape index (κ2) is 9.63. The molecular weight excluding hydrogens is 487 g/mol. The van der Waals surface area contributed by atoms with Crippen molar-refractivity contribution in [3.8, 4) is 22.3 Å². The van der Waals surface area contributed by atoms with E-state index in [1.54, 1.807) is 13.2 Å². The highest BCUT2D eigenvalue weighted by atomic mass is 35.5. The lowest BCUT2D eigenvalue weighted by Crippen LogP contribution is -2.51. The number of urea groups is 1. The van der Waals surface area contributed by atoms with Crippen LogP contribution in [-0.2, 0) is 11.8 Å². The predicted molar refractivity (Wildman–Crippen MR) is 111 cm³/mol. The summed E-state index contributed by atoms with van der Waals surface area (Å²) in [5.74, 6) is -3.93. The minimum Gasteiger partial charge on any atom is -0.329 e. The van der Waals surface area contributed by atoms with Gasteiger partial charge in [-0.25, -0.2) is 19.0 Å². The predicted octanol–water partition coefficient (Wildman–Crippen LogP) is 4.03. The van der Waals surface area contributed by atoms with Crippen molar-refractivity contribution in [1.82, 2.24) is 30.9 Å². The largest absolute Gasteiger partial charge is 0.472 e. The van der Waals surface area contributed by atoms with Crippen LogP contribution >= 0.6 is 11.6 Å². The lowest BCUT2D eigenvalue weighted by molar-refractivity contribution is -0.174. The van der Waals surface area contributed by atoms with E-state index in [-0.39, 0.29) is 27.4 Å². The number of nitrogens with zero attached hydrogens (tertiary/aromatic N) is 3. The first-order valence-electron chi connectivity index (χ1n) is 9.44. The summed E-state index contributed by atoms with van der Waals surface area (Å²) >= 11 is 5.99. The molecule has 0 aliphatic rings. The number of carbonyl (C=O) groups is 2. The molecular formula is C20H16ClF5N6O2. The third kappa shape index (κ3) is 5.60. The van der Waals surface area contributed by atoms with Gasteiger partial charge in [-0.1, -0.05) is 11.6 Å². The highest BCUT2D eigenvalue weighted by molar-refractivity contribution is 6.31. The van der Waals surface area contributed by atoms with E-state index in [0.717, 1.165) is 17.6 Å². The van der Waals surface area contributed by atoms with Crippen LogP contribution in [0.2, 0.25) is 5.02 Å². The van der Waals surface area contributed by atoms with Gasteiger partial charge < -0.3 is 5.32 Å². The fourth-order valence-electron chi connectivity index (χ4n) is 3.04. The minimum atomic E-state index is -5.20. The number of hydrogen-bond donors (Lipinski definition) is 3. The van der Waals surface area contributed by atoms with E-state index in [9.17, 15) is 31.5 Å². The van der Waals surface area contributed by atoms with Crippen molar-refractivity contribution in [3.05, 3.63) is 59.1 Å². The molecule has 0 bridgehead atoms. The molecule has 14 heteroatoms. The van der Waals surface area contributed by atoms with E-state index < -0.39 is 35.8 Å². The normalized spacial score (nSPS) is 12.2. The zero-order chi connectivity index (χ0) is 25.2. The number of carbonyl (C=O) groups excluding carboxylic acids is 2. The molecule has 1 atom stereocenters. The number of halogens is 6. The fraction of sp³-hybridized carbons (Fsp3) is 0.200. The number of hydrogen-bond acceptors (Lipinski definition) is 4. The molecule has 8 nitrogen and oxygen atoms in total. The van der Waals surface area contributed by atoms with E-state index in [1.807, 2.05) is 0 Å². The zero-order valence-corrected chi connectivity index (χ0v) is 18.2. The molecule has 0 spiro atoms. The maximum Gasteiger partial charge on any atom is 0.472 e.